The summed E-state index contributed by atoms with van der Waals surface area (Å²) in [5.41, 5.74) is 0. The van der Waals surface area contributed by atoms with Gasteiger partial charge in [-0.05, 0) is 10.7 Å². The predicted octanol–water partition coefficient (Wildman–Crippen LogP) is 2.16. The van der Waals surface area contributed by atoms with Crippen molar-refractivity contribution in [3.63, 3.8) is 0 Å². The van der Waals surface area contributed by atoms with Crippen molar-refractivity contribution in [2.75, 3.05) is 13.1 Å². The molecule has 1 N–H and O–H groups in total. The van der Waals surface area contributed by atoms with Crippen LogP contribution in [-0.4, -0.2) is 21.7 Å². The molecule has 80 valence electrons. The molecule has 0 saturated heterocycles. The van der Waals surface area contributed by atoms with Crippen molar-refractivity contribution >= 4 is 58.3 Å². The average Bonchev–Trinajstić information content (AvgIpc) is 1.95. The molecule has 0 aromatic rings. The Bertz CT molecular complexity index is 147. The van der Waals surface area contributed by atoms with E-state index in [1.807, 2.05) is 0 Å². The van der Waals surface area contributed by atoms with E-state index in [2.05, 4.69) is 48.1 Å². The third-order valence-electron chi connectivity index (χ3n) is 1.11. The third kappa shape index (κ3) is 15.7. The Morgan fingerprint density at radius 1 is 1.23 bits per heavy atom. The Balaban J connectivity index is 0. The molecule has 0 bridgehead atoms. The van der Waals surface area contributed by atoms with E-state index >= 15 is 0 Å². The molecule has 0 fully saturated rings. The molecule has 0 aromatic heterocycles. The zero-order chi connectivity index (χ0) is 9.40. The predicted molar refractivity (Wildman–Crippen MR) is 68.6 cm³/mol. The summed E-state index contributed by atoms with van der Waals surface area (Å²) in [6.45, 7) is 1.58. The summed E-state index contributed by atoms with van der Waals surface area (Å²) in [5.74, 6) is 0. The van der Waals surface area contributed by atoms with Gasteiger partial charge in [0.05, 0.1) is 0 Å². The maximum absolute atomic E-state index is 4.71. The molecule has 0 aliphatic rings. The molecule has 0 amide bonds. The molecule has 0 aliphatic heterocycles. The van der Waals surface area contributed by atoms with Gasteiger partial charge in [-0.15, -0.1) is 19.2 Å². The minimum Gasteiger partial charge on any atom is -0.670 e. The number of thiocarbonyl (C=S) groups is 2. The van der Waals surface area contributed by atoms with E-state index in [1.165, 1.54) is 0 Å². The molecular weight excluding hydrogens is 292 g/mol. The van der Waals surface area contributed by atoms with Crippen molar-refractivity contribution in [2.45, 2.75) is 12.8 Å². The number of rotatable bonds is 5. The van der Waals surface area contributed by atoms with Crippen molar-refractivity contribution < 1.29 is 17.1 Å². The van der Waals surface area contributed by atoms with Crippen LogP contribution in [0.3, 0.4) is 0 Å². The van der Waals surface area contributed by atoms with E-state index in [4.69, 9.17) is 12.2 Å². The monoisotopic (exact) mass is 302 g/mol. The van der Waals surface area contributed by atoms with Gasteiger partial charge in [-0.3, -0.25) is 0 Å². The first kappa shape index (κ1) is 16.4. The molecule has 0 saturated carbocycles. The summed E-state index contributed by atoms with van der Waals surface area (Å²) in [5, 5.41) is 6.89. The molecule has 0 radical (unpaired) electrons. The second-order valence-corrected chi connectivity index (χ2v) is 4.37. The number of nitrogens with zero attached hydrogens (tertiary/aromatic N) is 1. The van der Waals surface area contributed by atoms with Crippen molar-refractivity contribution in [1.29, 1.82) is 0 Å². The summed E-state index contributed by atoms with van der Waals surface area (Å²) >= 11 is 17.2. The molecule has 7 heteroatoms. The fraction of sp³-hybridized carbons (Fsp3) is 0.667. The molecule has 2 nitrogen and oxygen atoms in total. The molecule has 0 spiro atoms. The largest absolute Gasteiger partial charge is 1.00 e. The molecule has 0 unspecified atom stereocenters. The fourth-order valence-corrected chi connectivity index (χ4v) is 1.01. The van der Waals surface area contributed by atoms with Crippen molar-refractivity contribution in [1.82, 2.24) is 5.32 Å². The third-order valence-corrected chi connectivity index (χ3v) is 1.68. The van der Waals surface area contributed by atoms with Crippen LogP contribution in [0.5, 0.6) is 0 Å². The zero-order valence-electron chi connectivity index (χ0n) is 6.79. The summed E-state index contributed by atoms with van der Waals surface area (Å²) in [6.07, 6.45) is 2.00. The van der Waals surface area contributed by atoms with Gasteiger partial charge >= 0.3 is 17.1 Å². The number of nitrogens with one attached hydrogen (secondary N) is 1. The number of hydrogen-bond donors (Lipinski definition) is 3. The summed E-state index contributed by atoms with van der Waals surface area (Å²) in [7, 11) is 0. The van der Waals surface area contributed by atoms with E-state index in [-0.39, 0.29) is 17.1 Å². The minimum absolute atomic E-state index is 0. The minimum atomic E-state index is 0. The Morgan fingerprint density at radius 3 is 2.31 bits per heavy atom. The first-order chi connectivity index (χ1) is 5.63. The molecular formula is C6H11CuN2S4. The van der Waals surface area contributed by atoms with Gasteiger partial charge in [-0.25, -0.2) is 0 Å². The van der Waals surface area contributed by atoms with Gasteiger partial charge in [0.25, 0.3) is 0 Å². The maximum atomic E-state index is 4.71. The molecule has 0 rings (SSSR count). The van der Waals surface area contributed by atoms with E-state index in [9.17, 15) is 0 Å². The van der Waals surface area contributed by atoms with Gasteiger partial charge in [0, 0.05) is 6.54 Å². The van der Waals surface area contributed by atoms with Crippen LogP contribution < -0.4 is 5.32 Å². The number of thiol groups is 2. The van der Waals surface area contributed by atoms with Crippen LogP contribution in [-0.2, 0) is 17.1 Å². The van der Waals surface area contributed by atoms with E-state index in [0.29, 0.717) is 8.64 Å². The molecule has 0 aliphatic carbocycles. The van der Waals surface area contributed by atoms with E-state index in [1.54, 1.807) is 0 Å². The Hall–Kier alpha value is 0.999. The first-order valence-electron chi connectivity index (χ1n) is 3.50. The van der Waals surface area contributed by atoms with Crippen molar-refractivity contribution in [3.8, 4) is 0 Å². The SMILES string of the molecule is S=C(S)[N-]CCCCNC(=S)S.[Cu+]. The van der Waals surface area contributed by atoms with Crippen LogP contribution in [0.4, 0.5) is 0 Å². The maximum Gasteiger partial charge on any atom is 1.00 e. The van der Waals surface area contributed by atoms with Gasteiger partial charge in [-0.1, -0.05) is 30.9 Å². The topological polar surface area (TPSA) is 26.1 Å². The summed E-state index contributed by atoms with van der Waals surface area (Å²) in [6, 6.07) is 0. The van der Waals surface area contributed by atoms with Gasteiger partial charge < -0.3 is 10.6 Å². The second-order valence-electron chi connectivity index (χ2n) is 2.10. The van der Waals surface area contributed by atoms with Crippen molar-refractivity contribution in [2.24, 2.45) is 0 Å². The van der Waals surface area contributed by atoms with Crippen LogP contribution in [0.2, 0.25) is 0 Å². The second kappa shape index (κ2) is 11.1. The zero-order valence-corrected chi connectivity index (χ0v) is 11.2. The normalized spacial score (nSPS) is 8.46. The number of unbranched alkanes of at least 4 members (excludes halogenated alkanes) is 1. The Labute approximate surface area is 111 Å². The van der Waals surface area contributed by atoms with Crippen molar-refractivity contribution in [3.05, 3.63) is 5.32 Å². The van der Waals surface area contributed by atoms with Crippen LogP contribution in [0.1, 0.15) is 12.8 Å². The van der Waals surface area contributed by atoms with Crippen LogP contribution in [0.15, 0.2) is 0 Å². The molecule has 0 atom stereocenters. The van der Waals surface area contributed by atoms with Gasteiger partial charge in [0.15, 0.2) is 0 Å². The molecule has 0 aromatic carbocycles. The Kier molecular flexibility index (Phi) is 14.0. The number of hydrogen-bond acceptors (Lipinski definition) is 2. The smallest absolute Gasteiger partial charge is 0.670 e. The fourth-order valence-electron chi connectivity index (χ4n) is 0.607. The van der Waals surface area contributed by atoms with Crippen LogP contribution in [0, 0.1) is 0 Å². The summed E-state index contributed by atoms with van der Waals surface area (Å²) in [4.78, 5) is 0. The quantitative estimate of drug-likeness (QED) is 0.314. The molecule has 13 heavy (non-hydrogen) atoms. The van der Waals surface area contributed by atoms with Crippen LogP contribution in [0.25, 0.3) is 5.32 Å². The Morgan fingerprint density at radius 2 is 1.85 bits per heavy atom. The first-order valence-corrected chi connectivity index (χ1v) is 5.21. The van der Waals surface area contributed by atoms with Crippen LogP contribution >= 0.6 is 49.7 Å². The standard InChI is InChI=1S/C6H12N2S4.Cu/c9-5(10)7-3-1-2-4-8-6(11)12;/h1-4H2,(H4,7,8,9,10,11,12);/q;+1/p-1. The van der Waals surface area contributed by atoms with Gasteiger partial charge in [-0.2, -0.15) is 12.6 Å². The summed E-state index contributed by atoms with van der Waals surface area (Å²) < 4.78 is 0.962. The van der Waals surface area contributed by atoms with E-state index in [0.717, 1.165) is 25.9 Å². The molecule has 0 heterocycles. The van der Waals surface area contributed by atoms with Gasteiger partial charge in [0.2, 0.25) is 0 Å². The van der Waals surface area contributed by atoms with E-state index < -0.39 is 0 Å². The van der Waals surface area contributed by atoms with Gasteiger partial charge in [0.1, 0.15) is 4.32 Å². The average molecular weight is 303 g/mol.